The Balaban J connectivity index is 1.25. The van der Waals surface area contributed by atoms with Crippen molar-refractivity contribution in [1.29, 1.82) is 0 Å². The molecule has 1 aliphatic heterocycles. The highest BCUT2D eigenvalue weighted by atomic mass is 16.5. The van der Waals surface area contributed by atoms with Crippen molar-refractivity contribution in [2.45, 2.75) is 31.5 Å². The Morgan fingerprint density at radius 2 is 2.00 bits per heavy atom. The first kappa shape index (κ1) is 13.5. The second-order valence-electron chi connectivity index (χ2n) is 9.13. The topological polar surface area (TPSA) is 71.1 Å². The molecule has 5 saturated carbocycles. The van der Waals surface area contributed by atoms with Crippen LogP contribution in [0.15, 0.2) is 4.99 Å². The lowest BCUT2D eigenvalue weighted by atomic mass is 9.56. The number of morpholine rings is 1. The number of fused-ring (bicyclic) bond motifs is 2. The van der Waals surface area contributed by atoms with E-state index in [4.69, 9.17) is 15.5 Å². The summed E-state index contributed by atoms with van der Waals surface area (Å²) in [5.41, 5.74) is 5.69. The smallest absolute Gasteiger partial charge is 0.191 e. The van der Waals surface area contributed by atoms with Crippen LogP contribution < -0.4 is 5.73 Å². The number of hydrogen-bond acceptors (Lipinski definition) is 3. The second-order valence-corrected chi connectivity index (χ2v) is 9.13. The SMILES string of the molecule is CC1CN(C(N)=NCC2(O)C3C4CC5C6C4CC3C6C52)CCO1. The summed E-state index contributed by atoms with van der Waals surface area (Å²) in [7, 11) is 0. The van der Waals surface area contributed by atoms with E-state index >= 15 is 0 Å². The van der Waals surface area contributed by atoms with Gasteiger partial charge in [0.1, 0.15) is 0 Å². The lowest BCUT2D eigenvalue weighted by molar-refractivity contribution is -0.123. The molecule has 5 nitrogen and oxygen atoms in total. The molecule has 0 amide bonds. The van der Waals surface area contributed by atoms with E-state index in [0.29, 0.717) is 30.9 Å². The first-order chi connectivity index (χ1) is 11.1. The molecule has 1 saturated heterocycles. The van der Waals surface area contributed by atoms with Crippen molar-refractivity contribution in [2.24, 2.45) is 58.1 Å². The minimum atomic E-state index is -0.548. The highest BCUT2D eigenvalue weighted by Gasteiger charge is 2.84. The Morgan fingerprint density at radius 3 is 2.83 bits per heavy atom. The van der Waals surface area contributed by atoms with Gasteiger partial charge in [-0.1, -0.05) is 0 Å². The van der Waals surface area contributed by atoms with Crippen molar-refractivity contribution in [3.05, 3.63) is 0 Å². The number of rotatable bonds is 2. The number of nitrogens with two attached hydrogens (primary N) is 1. The number of hydrogen-bond donors (Lipinski definition) is 2. The van der Waals surface area contributed by atoms with Gasteiger partial charge in [0.15, 0.2) is 5.96 Å². The second kappa shape index (κ2) is 4.05. The maximum atomic E-state index is 11.6. The summed E-state index contributed by atoms with van der Waals surface area (Å²) in [4.78, 5) is 6.81. The van der Waals surface area contributed by atoms with E-state index in [1.807, 2.05) is 0 Å². The van der Waals surface area contributed by atoms with Crippen molar-refractivity contribution in [2.75, 3.05) is 26.2 Å². The molecule has 23 heavy (non-hydrogen) atoms. The fraction of sp³-hybridized carbons (Fsp3) is 0.944. The Bertz CT molecular complexity index is 589. The van der Waals surface area contributed by atoms with Crippen LogP contribution >= 0.6 is 0 Å². The van der Waals surface area contributed by atoms with E-state index in [1.165, 1.54) is 12.8 Å². The summed E-state index contributed by atoms with van der Waals surface area (Å²) < 4.78 is 5.57. The normalized spacial score (nSPS) is 61.6. The molecule has 0 radical (unpaired) electrons. The summed E-state index contributed by atoms with van der Waals surface area (Å²) in [6.45, 7) is 4.93. The molecule has 0 aromatic carbocycles. The van der Waals surface area contributed by atoms with E-state index in [9.17, 15) is 5.11 Å². The van der Waals surface area contributed by atoms with Crippen molar-refractivity contribution in [3.8, 4) is 0 Å². The van der Waals surface area contributed by atoms with Crippen LogP contribution in [0.1, 0.15) is 19.8 Å². The summed E-state index contributed by atoms with van der Waals surface area (Å²) >= 11 is 0. The van der Waals surface area contributed by atoms with E-state index < -0.39 is 5.60 Å². The predicted octanol–water partition coefficient (Wildman–Crippen LogP) is 0.531. The van der Waals surface area contributed by atoms with Gasteiger partial charge in [-0.2, -0.15) is 0 Å². The molecule has 0 aromatic heterocycles. The molecule has 126 valence electrons. The highest BCUT2D eigenvalue weighted by molar-refractivity contribution is 5.78. The number of guanidine groups is 1. The van der Waals surface area contributed by atoms with Gasteiger partial charge in [-0.15, -0.1) is 0 Å². The Morgan fingerprint density at radius 1 is 1.22 bits per heavy atom. The number of ether oxygens (including phenoxy) is 1. The van der Waals surface area contributed by atoms with Crippen LogP contribution in [-0.4, -0.2) is 53.9 Å². The van der Waals surface area contributed by atoms with Gasteiger partial charge >= 0.3 is 0 Å². The molecule has 0 aromatic rings. The summed E-state index contributed by atoms with van der Waals surface area (Å²) in [5, 5.41) is 11.6. The van der Waals surface area contributed by atoms with Crippen LogP contribution in [0.25, 0.3) is 0 Å². The van der Waals surface area contributed by atoms with Crippen molar-refractivity contribution < 1.29 is 9.84 Å². The van der Waals surface area contributed by atoms with Gasteiger partial charge in [-0.05, 0) is 67.1 Å². The van der Waals surface area contributed by atoms with Gasteiger partial charge < -0.3 is 20.5 Å². The van der Waals surface area contributed by atoms with Crippen LogP contribution in [0.3, 0.4) is 0 Å². The first-order valence-corrected chi connectivity index (χ1v) is 9.48. The van der Waals surface area contributed by atoms with Gasteiger partial charge in [-0.25, -0.2) is 0 Å². The van der Waals surface area contributed by atoms with Gasteiger partial charge in [0.05, 0.1) is 24.9 Å². The monoisotopic (exact) mass is 317 g/mol. The molecule has 5 aliphatic carbocycles. The summed E-state index contributed by atoms with van der Waals surface area (Å²) in [6, 6.07) is 0. The third kappa shape index (κ3) is 1.38. The number of aliphatic imine (C=N–C) groups is 1. The largest absolute Gasteiger partial charge is 0.387 e. The van der Waals surface area contributed by atoms with Crippen LogP contribution in [0.4, 0.5) is 0 Å². The highest BCUT2D eigenvalue weighted by Crippen LogP contribution is 2.85. The number of nitrogens with zero attached hydrogens (tertiary/aromatic N) is 2. The average molecular weight is 317 g/mol. The molecule has 1 heterocycles. The fourth-order valence-corrected chi connectivity index (χ4v) is 8.27. The predicted molar refractivity (Wildman–Crippen MR) is 85.6 cm³/mol. The number of aliphatic hydroxyl groups is 1. The lowest BCUT2D eigenvalue weighted by Crippen LogP contribution is -2.56. The molecule has 3 N–H and O–H groups in total. The van der Waals surface area contributed by atoms with Crippen LogP contribution in [0.5, 0.6) is 0 Å². The third-order valence-corrected chi connectivity index (χ3v) is 8.58. The zero-order valence-electron chi connectivity index (χ0n) is 13.8. The molecular formula is C18H27N3O2. The molecular weight excluding hydrogens is 290 g/mol. The molecule has 10 atom stereocenters. The van der Waals surface area contributed by atoms with Gasteiger partial charge in [0.25, 0.3) is 0 Å². The average Bonchev–Trinajstić information content (AvgIpc) is 3.03. The Kier molecular flexibility index (Phi) is 2.37. The van der Waals surface area contributed by atoms with Gasteiger partial charge in [-0.3, -0.25) is 4.99 Å². The zero-order valence-corrected chi connectivity index (χ0v) is 13.8. The van der Waals surface area contributed by atoms with Crippen molar-refractivity contribution in [1.82, 2.24) is 4.90 Å². The Hall–Kier alpha value is -0.810. The fourth-order valence-electron chi connectivity index (χ4n) is 8.27. The van der Waals surface area contributed by atoms with Crippen LogP contribution in [0.2, 0.25) is 0 Å². The van der Waals surface area contributed by atoms with E-state index in [2.05, 4.69) is 11.8 Å². The third-order valence-electron chi connectivity index (χ3n) is 8.58. The quantitative estimate of drug-likeness (QED) is 0.576. The first-order valence-electron chi connectivity index (χ1n) is 9.48. The minimum absolute atomic E-state index is 0.207. The molecule has 6 aliphatic rings. The molecule has 2 bridgehead atoms. The Labute approximate surface area is 137 Å². The summed E-state index contributed by atoms with van der Waals surface area (Å²) in [5.74, 6) is 6.84. The van der Waals surface area contributed by atoms with E-state index in [-0.39, 0.29) is 6.10 Å². The zero-order chi connectivity index (χ0) is 15.5. The van der Waals surface area contributed by atoms with Gasteiger partial charge in [0, 0.05) is 13.1 Å². The minimum Gasteiger partial charge on any atom is -0.387 e. The maximum Gasteiger partial charge on any atom is 0.191 e. The molecule has 5 heteroatoms. The van der Waals surface area contributed by atoms with Crippen LogP contribution in [0, 0.1) is 47.3 Å². The lowest BCUT2D eigenvalue weighted by Gasteiger charge is -2.51. The van der Waals surface area contributed by atoms with Gasteiger partial charge in [0.2, 0.25) is 0 Å². The van der Waals surface area contributed by atoms with E-state index in [1.54, 1.807) is 0 Å². The van der Waals surface area contributed by atoms with E-state index in [0.717, 1.165) is 48.6 Å². The standard InChI is InChI=1S/C18H27N3O2/c1-8-6-21(2-3-23-8)17(19)20-7-18(22)15-10-5-11-13-9(10)4-12(15)14(13)16(11)18/h8-16,22H,2-7H2,1H3,(H2,19,20). The summed E-state index contributed by atoms with van der Waals surface area (Å²) in [6.07, 6.45) is 3.01. The molecule has 0 spiro atoms. The van der Waals surface area contributed by atoms with Crippen LogP contribution in [-0.2, 0) is 4.74 Å². The maximum absolute atomic E-state index is 11.6. The molecule has 6 fully saturated rings. The molecule has 10 unspecified atom stereocenters. The molecule has 6 rings (SSSR count). The van der Waals surface area contributed by atoms with Crippen molar-refractivity contribution >= 4 is 5.96 Å². The van der Waals surface area contributed by atoms with Crippen molar-refractivity contribution in [3.63, 3.8) is 0 Å².